The van der Waals surface area contributed by atoms with Crippen LogP contribution >= 0.6 is 0 Å². The van der Waals surface area contributed by atoms with Crippen LogP contribution in [0.2, 0.25) is 0 Å². The van der Waals surface area contributed by atoms with E-state index in [0.29, 0.717) is 31.1 Å². The van der Waals surface area contributed by atoms with Crippen LogP contribution in [0.25, 0.3) is 0 Å². The summed E-state index contributed by atoms with van der Waals surface area (Å²) >= 11 is 0. The number of hydrogen-bond acceptors (Lipinski definition) is 3. The summed E-state index contributed by atoms with van der Waals surface area (Å²) in [5, 5.41) is 8.61. The van der Waals surface area contributed by atoms with Crippen LogP contribution < -0.4 is 0 Å². The van der Waals surface area contributed by atoms with E-state index in [1.807, 2.05) is 0 Å². The average molecular weight is 234 g/mol. The normalized spacial score (nSPS) is 10.3. The van der Waals surface area contributed by atoms with E-state index in [1.54, 1.807) is 29.0 Å². The molecule has 0 N–H and O–H groups in total. The molecule has 0 aliphatic rings. The van der Waals surface area contributed by atoms with Crippen LogP contribution in [0.4, 0.5) is 0 Å². The van der Waals surface area contributed by atoms with Gasteiger partial charge in [0.05, 0.1) is 25.0 Å². The number of carbonyl (C=O) groups excluding carboxylic acids is 1. The summed E-state index contributed by atoms with van der Waals surface area (Å²) in [6, 6.07) is 2.07. The minimum atomic E-state index is -0.0612. The zero-order valence-corrected chi connectivity index (χ0v) is 10.6. The zero-order valence-electron chi connectivity index (χ0n) is 10.6. The van der Waals surface area contributed by atoms with Crippen molar-refractivity contribution in [3.05, 3.63) is 18.2 Å². The van der Waals surface area contributed by atoms with Crippen molar-refractivity contribution in [2.75, 3.05) is 13.1 Å². The standard InChI is InChI=1S/C12H18N4O/c1-10(2)8-16(6-4-5-13)12(17)11-7-14-9-15(11)3/h7,9-10H,4,6,8H2,1-3H3. The zero-order chi connectivity index (χ0) is 12.8. The van der Waals surface area contributed by atoms with Crippen molar-refractivity contribution in [3.8, 4) is 6.07 Å². The van der Waals surface area contributed by atoms with Crippen molar-refractivity contribution in [2.45, 2.75) is 20.3 Å². The number of aromatic nitrogens is 2. The number of hydrogen-bond donors (Lipinski definition) is 0. The third kappa shape index (κ3) is 3.59. The van der Waals surface area contributed by atoms with Crippen LogP contribution in [0.1, 0.15) is 30.8 Å². The van der Waals surface area contributed by atoms with Crippen molar-refractivity contribution in [2.24, 2.45) is 13.0 Å². The third-order valence-corrected chi connectivity index (χ3v) is 2.40. The van der Waals surface area contributed by atoms with Gasteiger partial charge < -0.3 is 9.47 Å². The third-order valence-electron chi connectivity index (χ3n) is 2.40. The molecule has 5 nitrogen and oxygen atoms in total. The number of carbonyl (C=O) groups is 1. The molecule has 0 aliphatic carbocycles. The topological polar surface area (TPSA) is 61.9 Å². The first kappa shape index (κ1) is 13.2. The van der Waals surface area contributed by atoms with E-state index in [0.717, 1.165) is 0 Å². The molecule has 1 rings (SSSR count). The minimum Gasteiger partial charge on any atom is -0.336 e. The van der Waals surface area contributed by atoms with Gasteiger partial charge in [-0.05, 0) is 5.92 Å². The molecule has 1 amide bonds. The number of nitriles is 1. The smallest absolute Gasteiger partial charge is 0.272 e. The lowest BCUT2D eigenvalue weighted by Gasteiger charge is -2.23. The molecule has 1 heterocycles. The Balaban J connectivity index is 2.79. The molecule has 17 heavy (non-hydrogen) atoms. The lowest BCUT2D eigenvalue weighted by atomic mass is 10.2. The molecule has 1 aromatic rings. The van der Waals surface area contributed by atoms with Crippen LogP contribution in [0.5, 0.6) is 0 Å². The number of nitrogens with zero attached hydrogens (tertiary/aromatic N) is 4. The summed E-state index contributed by atoms with van der Waals surface area (Å²) in [6.45, 7) is 5.23. The van der Waals surface area contributed by atoms with Crippen molar-refractivity contribution >= 4 is 5.91 Å². The van der Waals surface area contributed by atoms with Gasteiger partial charge in [0.1, 0.15) is 5.69 Å². The van der Waals surface area contributed by atoms with Gasteiger partial charge in [-0.25, -0.2) is 4.98 Å². The number of aryl methyl sites for hydroxylation is 1. The summed E-state index contributed by atoms with van der Waals surface area (Å²) < 4.78 is 1.70. The summed E-state index contributed by atoms with van der Waals surface area (Å²) in [6.07, 6.45) is 3.52. The molecule has 0 spiro atoms. The van der Waals surface area contributed by atoms with Gasteiger partial charge in [-0.3, -0.25) is 4.79 Å². The number of rotatable bonds is 5. The van der Waals surface area contributed by atoms with E-state index in [-0.39, 0.29) is 5.91 Å². The molecule has 0 atom stereocenters. The van der Waals surface area contributed by atoms with Gasteiger partial charge in [-0.2, -0.15) is 5.26 Å². The SMILES string of the molecule is CC(C)CN(CCC#N)C(=O)c1cncn1C. The van der Waals surface area contributed by atoms with E-state index in [1.165, 1.54) is 0 Å². The van der Waals surface area contributed by atoms with Gasteiger partial charge in [-0.15, -0.1) is 0 Å². The molecule has 0 fully saturated rings. The Morgan fingerprint density at radius 2 is 2.35 bits per heavy atom. The quantitative estimate of drug-likeness (QED) is 0.774. The Hall–Kier alpha value is -1.83. The molecule has 0 saturated carbocycles. The van der Waals surface area contributed by atoms with Gasteiger partial charge in [0.2, 0.25) is 0 Å². The molecular weight excluding hydrogens is 216 g/mol. The molecule has 0 unspecified atom stereocenters. The van der Waals surface area contributed by atoms with Crippen LogP contribution in [-0.4, -0.2) is 33.4 Å². The van der Waals surface area contributed by atoms with Gasteiger partial charge in [0.25, 0.3) is 5.91 Å². The maximum absolute atomic E-state index is 12.2. The van der Waals surface area contributed by atoms with E-state index >= 15 is 0 Å². The van der Waals surface area contributed by atoms with Crippen molar-refractivity contribution in [3.63, 3.8) is 0 Å². The summed E-state index contributed by atoms with van der Waals surface area (Å²) in [5.74, 6) is 0.319. The van der Waals surface area contributed by atoms with Gasteiger partial charge in [0.15, 0.2) is 0 Å². The fourth-order valence-corrected chi connectivity index (χ4v) is 1.63. The lowest BCUT2D eigenvalue weighted by Crippen LogP contribution is -2.35. The number of imidazole rings is 1. The second-order valence-corrected chi connectivity index (χ2v) is 4.44. The van der Waals surface area contributed by atoms with Crippen molar-refractivity contribution < 1.29 is 4.79 Å². The first-order chi connectivity index (χ1) is 8.06. The first-order valence-electron chi connectivity index (χ1n) is 5.68. The fraction of sp³-hybridized carbons (Fsp3) is 0.583. The molecular formula is C12H18N4O. The molecule has 5 heteroatoms. The van der Waals surface area contributed by atoms with Crippen LogP contribution in [0.15, 0.2) is 12.5 Å². The highest BCUT2D eigenvalue weighted by Crippen LogP contribution is 2.07. The fourth-order valence-electron chi connectivity index (χ4n) is 1.63. The Morgan fingerprint density at radius 3 is 2.82 bits per heavy atom. The number of amides is 1. The van der Waals surface area contributed by atoms with E-state index < -0.39 is 0 Å². The predicted molar refractivity (Wildman–Crippen MR) is 64.2 cm³/mol. The molecule has 0 bridgehead atoms. The Kier molecular flexibility index (Phi) is 4.70. The Labute approximate surface area is 102 Å². The Morgan fingerprint density at radius 1 is 1.65 bits per heavy atom. The molecule has 0 aromatic carbocycles. The lowest BCUT2D eigenvalue weighted by molar-refractivity contribution is 0.0730. The summed E-state index contributed by atoms with van der Waals surface area (Å²) in [5.41, 5.74) is 0.559. The molecule has 1 aromatic heterocycles. The van der Waals surface area contributed by atoms with Gasteiger partial charge in [-0.1, -0.05) is 13.8 Å². The largest absolute Gasteiger partial charge is 0.336 e. The second kappa shape index (κ2) is 6.04. The molecule has 0 radical (unpaired) electrons. The van der Waals surface area contributed by atoms with Crippen LogP contribution in [0.3, 0.4) is 0 Å². The van der Waals surface area contributed by atoms with Gasteiger partial charge >= 0.3 is 0 Å². The maximum Gasteiger partial charge on any atom is 0.272 e. The molecule has 0 saturated heterocycles. The maximum atomic E-state index is 12.2. The van der Waals surface area contributed by atoms with Crippen LogP contribution in [-0.2, 0) is 7.05 Å². The van der Waals surface area contributed by atoms with E-state index in [9.17, 15) is 4.79 Å². The molecule has 92 valence electrons. The highest BCUT2D eigenvalue weighted by atomic mass is 16.2. The van der Waals surface area contributed by atoms with E-state index in [2.05, 4.69) is 24.9 Å². The second-order valence-electron chi connectivity index (χ2n) is 4.44. The van der Waals surface area contributed by atoms with E-state index in [4.69, 9.17) is 5.26 Å². The monoisotopic (exact) mass is 234 g/mol. The summed E-state index contributed by atoms with van der Waals surface area (Å²) in [7, 11) is 1.79. The van der Waals surface area contributed by atoms with Crippen molar-refractivity contribution in [1.82, 2.24) is 14.5 Å². The molecule has 0 aliphatic heterocycles. The highest BCUT2D eigenvalue weighted by Gasteiger charge is 2.18. The first-order valence-corrected chi connectivity index (χ1v) is 5.68. The Bertz CT molecular complexity index is 416. The predicted octanol–water partition coefficient (Wildman–Crippen LogP) is 1.43. The minimum absolute atomic E-state index is 0.0612. The summed E-state index contributed by atoms with van der Waals surface area (Å²) in [4.78, 5) is 17.9. The van der Waals surface area contributed by atoms with Crippen LogP contribution in [0, 0.1) is 17.2 Å². The average Bonchev–Trinajstić information content (AvgIpc) is 2.69. The highest BCUT2D eigenvalue weighted by molar-refractivity contribution is 5.92. The van der Waals surface area contributed by atoms with Gasteiger partial charge in [0, 0.05) is 20.1 Å². The van der Waals surface area contributed by atoms with Crippen molar-refractivity contribution in [1.29, 1.82) is 5.26 Å².